The molecule has 0 aliphatic heterocycles. The Morgan fingerprint density at radius 2 is 1.82 bits per heavy atom. The summed E-state index contributed by atoms with van der Waals surface area (Å²) in [7, 11) is 0. The van der Waals surface area contributed by atoms with Gasteiger partial charge in [-0.3, -0.25) is 4.79 Å². The maximum Gasteiger partial charge on any atom is 0.291 e. The minimum Gasteiger partial charge on any atom is -0.494 e. The Kier molecular flexibility index (Phi) is 6.85. The molecule has 0 unspecified atom stereocenters. The largest absolute Gasteiger partial charge is 0.494 e. The van der Waals surface area contributed by atoms with Gasteiger partial charge in [-0.2, -0.15) is 14.6 Å². The molecule has 0 amide bonds. The van der Waals surface area contributed by atoms with E-state index < -0.39 is 0 Å². The monoisotopic (exact) mass is 597 g/mol. The van der Waals surface area contributed by atoms with Crippen molar-refractivity contribution >= 4 is 38.3 Å². The summed E-state index contributed by atoms with van der Waals surface area (Å²) in [6.07, 6.45) is 4.78. The molecular formula is C30H24BrN5O2S. The molecule has 6 rings (SSSR count). The number of nitrogens with zero attached hydrogens (tertiary/aromatic N) is 5. The van der Waals surface area contributed by atoms with Crippen molar-refractivity contribution in [2.75, 3.05) is 6.61 Å². The lowest BCUT2D eigenvalue weighted by atomic mass is 10.0. The standard InChI is InChI=1S/C30H24BrN5O2S/c1-3-15-38-24-13-14-25(19(2)16-24)27-21(18-35(33-27)23-7-5-4-6-8-23)17-26-29(37)36-30(39-26)32-28(34-36)20-9-11-22(31)12-10-20/h4-14,16-18H,3,15H2,1-2H3. The van der Waals surface area contributed by atoms with Gasteiger partial charge in [0.05, 0.1) is 16.8 Å². The van der Waals surface area contributed by atoms with Gasteiger partial charge in [0.1, 0.15) is 11.4 Å². The summed E-state index contributed by atoms with van der Waals surface area (Å²) in [4.78, 5) is 18.5. The summed E-state index contributed by atoms with van der Waals surface area (Å²) < 4.78 is 10.6. The second kappa shape index (κ2) is 10.6. The second-order valence-corrected chi connectivity index (χ2v) is 11.0. The number of hydrogen-bond donors (Lipinski definition) is 0. The Balaban J connectivity index is 1.46. The zero-order valence-electron chi connectivity index (χ0n) is 21.3. The minimum atomic E-state index is -0.204. The van der Waals surface area contributed by atoms with Crippen LogP contribution < -0.4 is 14.8 Å². The van der Waals surface area contributed by atoms with Gasteiger partial charge in [-0.1, -0.05) is 64.5 Å². The summed E-state index contributed by atoms with van der Waals surface area (Å²) >= 11 is 4.76. The number of aryl methyl sites for hydroxylation is 1. The molecule has 3 heterocycles. The predicted octanol–water partition coefficient (Wildman–Crippen LogP) is 6.08. The summed E-state index contributed by atoms with van der Waals surface area (Å²) in [5.74, 6) is 1.36. The Morgan fingerprint density at radius 3 is 2.54 bits per heavy atom. The van der Waals surface area contributed by atoms with Crippen LogP contribution in [0.5, 0.6) is 5.75 Å². The average Bonchev–Trinajstić information content (AvgIpc) is 3.64. The Hall–Kier alpha value is -4.08. The molecule has 0 saturated carbocycles. The SMILES string of the molecule is CCCOc1ccc(-c2nn(-c3ccccc3)cc2C=c2sc3nc(-c4ccc(Br)cc4)nn3c2=O)c(C)c1. The van der Waals surface area contributed by atoms with E-state index >= 15 is 0 Å². The van der Waals surface area contributed by atoms with E-state index in [4.69, 9.17) is 9.84 Å². The van der Waals surface area contributed by atoms with Crippen LogP contribution in [-0.2, 0) is 0 Å². The molecule has 3 aromatic heterocycles. The molecule has 0 aliphatic rings. The van der Waals surface area contributed by atoms with Gasteiger partial charge in [0.2, 0.25) is 4.96 Å². The average molecular weight is 599 g/mol. The van der Waals surface area contributed by atoms with Gasteiger partial charge in [-0.05, 0) is 67.4 Å². The van der Waals surface area contributed by atoms with E-state index in [1.807, 2.05) is 96.7 Å². The highest BCUT2D eigenvalue weighted by Gasteiger charge is 2.16. The zero-order chi connectivity index (χ0) is 26.9. The van der Waals surface area contributed by atoms with Gasteiger partial charge in [0.25, 0.3) is 5.56 Å². The predicted molar refractivity (Wildman–Crippen MR) is 159 cm³/mol. The maximum atomic E-state index is 13.4. The molecular weight excluding hydrogens is 574 g/mol. The summed E-state index contributed by atoms with van der Waals surface area (Å²) in [5, 5.41) is 9.43. The van der Waals surface area contributed by atoms with Gasteiger partial charge in [-0.25, -0.2) is 4.68 Å². The minimum absolute atomic E-state index is 0.204. The Bertz CT molecular complexity index is 1890. The fraction of sp³-hybridized carbons (Fsp3) is 0.133. The molecule has 0 atom stereocenters. The van der Waals surface area contributed by atoms with Crippen molar-refractivity contribution in [1.82, 2.24) is 24.4 Å². The summed E-state index contributed by atoms with van der Waals surface area (Å²) in [6.45, 7) is 4.80. The van der Waals surface area contributed by atoms with Crippen LogP contribution in [0, 0.1) is 6.92 Å². The molecule has 0 radical (unpaired) electrons. The molecule has 39 heavy (non-hydrogen) atoms. The second-order valence-electron chi connectivity index (χ2n) is 9.09. The van der Waals surface area contributed by atoms with E-state index in [9.17, 15) is 4.79 Å². The van der Waals surface area contributed by atoms with Crippen LogP contribution in [0.4, 0.5) is 0 Å². The first-order valence-electron chi connectivity index (χ1n) is 12.6. The van der Waals surface area contributed by atoms with Crippen LogP contribution in [-0.4, -0.2) is 31.0 Å². The highest BCUT2D eigenvalue weighted by Crippen LogP contribution is 2.30. The molecule has 0 fully saturated rings. The van der Waals surface area contributed by atoms with Gasteiger partial charge in [-0.15, -0.1) is 5.10 Å². The molecule has 0 bridgehead atoms. The number of halogens is 1. The third kappa shape index (κ3) is 5.03. The maximum absolute atomic E-state index is 13.4. The van der Waals surface area contributed by atoms with Crippen molar-refractivity contribution in [2.24, 2.45) is 0 Å². The van der Waals surface area contributed by atoms with Crippen molar-refractivity contribution in [3.05, 3.63) is 109 Å². The molecule has 0 spiro atoms. The van der Waals surface area contributed by atoms with E-state index in [1.54, 1.807) is 0 Å². The number of hydrogen-bond acceptors (Lipinski definition) is 6. The van der Waals surface area contributed by atoms with Crippen LogP contribution in [0.2, 0.25) is 0 Å². The van der Waals surface area contributed by atoms with E-state index in [1.165, 1.54) is 15.9 Å². The molecule has 194 valence electrons. The molecule has 0 saturated heterocycles. The molecule has 7 nitrogen and oxygen atoms in total. The van der Waals surface area contributed by atoms with Crippen molar-refractivity contribution < 1.29 is 4.74 Å². The Morgan fingerprint density at radius 1 is 1.03 bits per heavy atom. The lowest BCUT2D eigenvalue weighted by Gasteiger charge is -2.09. The van der Waals surface area contributed by atoms with Crippen LogP contribution in [0.3, 0.4) is 0 Å². The lowest BCUT2D eigenvalue weighted by Crippen LogP contribution is -2.23. The first kappa shape index (κ1) is 25.2. The molecule has 0 N–H and O–H groups in total. The third-order valence-electron chi connectivity index (χ3n) is 6.26. The van der Waals surface area contributed by atoms with Crippen LogP contribution >= 0.6 is 27.3 Å². The quantitative estimate of drug-likeness (QED) is 0.223. The smallest absolute Gasteiger partial charge is 0.291 e. The van der Waals surface area contributed by atoms with E-state index in [-0.39, 0.29) is 5.56 Å². The fourth-order valence-electron chi connectivity index (χ4n) is 4.32. The fourth-order valence-corrected chi connectivity index (χ4v) is 5.49. The first-order valence-corrected chi connectivity index (χ1v) is 14.2. The topological polar surface area (TPSA) is 74.3 Å². The van der Waals surface area contributed by atoms with Crippen molar-refractivity contribution in [3.8, 4) is 34.1 Å². The first-order chi connectivity index (χ1) is 19.0. The number of fused-ring (bicyclic) bond motifs is 1. The number of rotatable bonds is 7. The number of benzene rings is 3. The van der Waals surface area contributed by atoms with Gasteiger partial charge < -0.3 is 4.74 Å². The summed E-state index contributed by atoms with van der Waals surface area (Å²) in [5.41, 5.74) is 5.22. The van der Waals surface area contributed by atoms with E-state index in [2.05, 4.69) is 32.9 Å². The van der Waals surface area contributed by atoms with E-state index in [0.29, 0.717) is 21.9 Å². The van der Waals surface area contributed by atoms with Crippen molar-refractivity contribution in [2.45, 2.75) is 20.3 Å². The van der Waals surface area contributed by atoms with Crippen LogP contribution in [0.15, 0.2) is 88.3 Å². The van der Waals surface area contributed by atoms with Crippen molar-refractivity contribution in [1.29, 1.82) is 0 Å². The normalized spacial score (nSPS) is 11.9. The molecule has 9 heteroatoms. The highest BCUT2D eigenvalue weighted by molar-refractivity contribution is 9.10. The van der Waals surface area contributed by atoms with Gasteiger partial charge in [0, 0.05) is 27.4 Å². The van der Waals surface area contributed by atoms with Crippen molar-refractivity contribution in [3.63, 3.8) is 0 Å². The molecule has 3 aromatic carbocycles. The molecule has 6 aromatic rings. The third-order valence-corrected chi connectivity index (χ3v) is 7.75. The number of aromatic nitrogens is 5. The number of thiazole rings is 1. The van der Waals surface area contributed by atoms with Crippen LogP contribution in [0.25, 0.3) is 39.4 Å². The number of ether oxygens (including phenoxy) is 1. The van der Waals surface area contributed by atoms with Gasteiger partial charge >= 0.3 is 0 Å². The number of para-hydroxylation sites is 1. The van der Waals surface area contributed by atoms with Crippen LogP contribution in [0.1, 0.15) is 24.5 Å². The Labute approximate surface area is 237 Å². The zero-order valence-corrected chi connectivity index (χ0v) is 23.7. The lowest BCUT2D eigenvalue weighted by molar-refractivity contribution is 0.317. The summed E-state index contributed by atoms with van der Waals surface area (Å²) in [6, 6.07) is 23.7. The van der Waals surface area contributed by atoms with Gasteiger partial charge in [0.15, 0.2) is 5.82 Å². The highest BCUT2D eigenvalue weighted by atomic mass is 79.9. The van der Waals surface area contributed by atoms with E-state index in [0.717, 1.165) is 50.3 Å². The molecule has 0 aliphatic carbocycles.